The first-order valence-corrected chi connectivity index (χ1v) is 10.4. The molecule has 1 aromatic carbocycles. The number of benzene rings is 1. The summed E-state index contributed by atoms with van der Waals surface area (Å²) in [4.78, 5) is 22.6. The van der Waals surface area contributed by atoms with Crippen LogP contribution in [0.4, 0.5) is 8.78 Å². The van der Waals surface area contributed by atoms with Crippen molar-refractivity contribution in [3.8, 4) is 5.69 Å². The molecule has 0 aliphatic heterocycles. The van der Waals surface area contributed by atoms with Gasteiger partial charge in [-0.1, -0.05) is 17.7 Å². The van der Waals surface area contributed by atoms with E-state index in [-0.39, 0.29) is 16.9 Å². The van der Waals surface area contributed by atoms with E-state index in [4.69, 9.17) is 11.6 Å². The summed E-state index contributed by atoms with van der Waals surface area (Å²) in [7, 11) is 0. The summed E-state index contributed by atoms with van der Waals surface area (Å²) in [5.74, 6) is -1.81. The number of rotatable bonds is 2. The summed E-state index contributed by atoms with van der Waals surface area (Å²) in [5.41, 5.74) is -1.76. The van der Waals surface area contributed by atoms with Gasteiger partial charge in [-0.2, -0.15) is 0 Å². The molecule has 0 fully saturated rings. The second kappa shape index (κ2) is 8.27. The van der Waals surface area contributed by atoms with Crippen LogP contribution >= 0.6 is 50.5 Å². The van der Waals surface area contributed by atoms with Gasteiger partial charge in [-0.05, 0) is 51.9 Å². The Bertz CT molecular complexity index is 809. The maximum atomic E-state index is 13.5. The van der Waals surface area contributed by atoms with Crippen molar-refractivity contribution in [1.29, 1.82) is 0 Å². The van der Waals surface area contributed by atoms with Gasteiger partial charge in [0.1, 0.15) is 17.3 Å². The molecule has 0 N–H and O–H groups in total. The van der Waals surface area contributed by atoms with Gasteiger partial charge in [0.05, 0.1) is 10.6 Å². The molecule has 0 spiro atoms. The van der Waals surface area contributed by atoms with Gasteiger partial charge in [0, 0.05) is 6.20 Å². The number of carbonyl (C=O) groups is 1. The van der Waals surface area contributed by atoms with Crippen LogP contribution in [-0.2, 0) is 4.57 Å². The fourth-order valence-corrected chi connectivity index (χ4v) is 1.71. The van der Waals surface area contributed by atoms with Crippen LogP contribution in [-0.4, -0.2) is 10.9 Å². The number of halogens is 6. The van der Waals surface area contributed by atoms with Crippen molar-refractivity contribution in [2.24, 2.45) is 0 Å². The average Bonchev–Trinajstić information content (AvgIpc) is 2.39. The molecule has 1 heterocycles. The quantitative estimate of drug-likeness (QED) is 0.481. The van der Waals surface area contributed by atoms with Gasteiger partial charge < -0.3 is 0 Å². The SMILES string of the molecule is O=Cc1c(Cl)ccn(-c2c(F)cccc2F)c1=O.O=P(Cl)(Cl)Cl. The van der Waals surface area contributed by atoms with Crippen molar-refractivity contribution in [1.82, 2.24) is 4.57 Å². The number of aldehydes is 1. The molecule has 0 amide bonds. The predicted octanol–water partition coefficient (Wildman–Crippen LogP) is 5.39. The number of hydrogen-bond donors (Lipinski definition) is 0. The monoisotopic (exact) mass is 421 g/mol. The van der Waals surface area contributed by atoms with Crippen molar-refractivity contribution >= 4 is 56.8 Å². The molecule has 2 aromatic rings. The van der Waals surface area contributed by atoms with Crippen LogP contribution in [0.2, 0.25) is 5.02 Å². The van der Waals surface area contributed by atoms with Crippen molar-refractivity contribution in [3.05, 3.63) is 63.0 Å². The first-order valence-electron chi connectivity index (χ1n) is 5.56. The van der Waals surface area contributed by atoms with Crippen LogP contribution in [0.15, 0.2) is 35.3 Å². The summed E-state index contributed by atoms with van der Waals surface area (Å²) in [5, 5.41) is -3.29. The van der Waals surface area contributed by atoms with Gasteiger partial charge in [-0.15, -0.1) is 0 Å². The zero-order valence-electron chi connectivity index (χ0n) is 10.9. The third-order valence-corrected chi connectivity index (χ3v) is 2.70. The summed E-state index contributed by atoms with van der Waals surface area (Å²) in [6.45, 7) is 0. The van der Waals surface area contributed by atoms with E-state index in [9.17, 15) is 22.9 Å². The van der Waals surface area contributed by atoms with Crippen LogP contribution in [0.3, 0.4) is 0 Å². The summed E-state index contributed by atoms with van der Waals surface area (Å²) in [6.07, 6.45) is 1.36. The maximum absolute atomic E-state index is 13.5. The molecule has 0 bridgehead atoms. The molecule has 0 aliphatic carbocycles. The van der Waals surface area contributed by atoms with E-state index in [1.165, 1.54) is 12.1 Å². The van der Waals surface area contributed by atoms with Crippen molar-refractivity contribution < 1.29 is 18.1 Å². The Morgan fingerprint density at radius 1 is 1.09 bits per heavy atom. The Labute approximate surface area is 148 Å². The molecule has 0 saturated carbocycles. The van der Waals surface area contributed by atoms with Crippen LogP contribution in [0.5, 0.6) is 0 Å². The maximum Gasteiger partial charge on any atom is 0.339 e. The highest BCUT2D eigenvalue weighted by molar-refractivity contribution is 8.24. The van der Waals surface area contributed by atoms with Crippen LogP contribution in [0.25, 0.3) is 5.69 Å². The molecule has 2 rings (SSSR count). The molecule has 1 aromatic heterocycles. The molecule has 4 nitrogen and oxygen atoms in total. The normalized spacial score (nSPS) is 10.7. The number of para-hydroxylation sites is 1. The van der Waals surface area contributed by atoms with Gasteiger partial charge in [-0.3, -0.25) is 18.7 Å². The molecular weight excluding hydrogens is 417 g/mol. The van der Waals surface area contributed by atoms with E-state index in [1.54, 1.807) is 0 Å². The number of nitrogens with zero attached hydrogens (tertiary/aromatic N) is 1. The first kappa shape index (κ1) is 20.1. The van der Waals surface area contributed by atoms with E-state index in [0.29, 0.717) is 4.57 Å². The molecule has 0 aliphatic rings. The van der Waals surface area contributed by atoms with Gasteiger partial charge in [0.15, 0.2) is 6.29 Å². The molecule has 0 unspecified atom stereocenters. The van der Waals surface area contributed by atoms with Gasteiger partial charge >= 0.3 is 5.20 Å². The average molecular weight is 423 g/mol. The zero-order valence-corrected chi connectivity index (χ0v) is 14.8. The summed E-state index contributed by atoms with van der Waals surface area (Å²) >= 11 is 19.5. The number of hydrogen-bond acceptors (Lipinski definition) is 3. The van der Waals surface area contributed by atoms with E-state index < -0.39 is 28.1 Å². The highest BCUT2D eigenvalue weighted by Crippen LogP contribution is 2.61. The highest BCUT2D eigenvalue weighted by atomic mass is 36.0. The minimum absolute atomic E-state index is 0.0667. The number of carbonyl (C=O) groups excluding carboxylic acids is 1. The number of aromatic nitrogens is 1. The smallest absolute Gasteiger partial charge is 0.298 e. The molecule has 11 heteroatoms. The Hall–Kier alpha value is -0.910. The van der Waals surface area contributed by atoms with E-state index >= 15 is 0 Å². The lowest BCUT2D eigenvalue weighted by Gasteiger charge is -2.09. The Balaban J connectivity index is 0.000000463. The molecule has 0 atom stereocenters. The second-order valence-electron chi connectivity index (χ2n) is 3.84. The second-order valence-corrected chi connectivity index (χ2v) is 10.9. The van der Waals surface area contributed by atoms with Crippen LogP contribution < -0.4 is 5.56 Å². The molecule has 0 radical (unpaired) electrons. The fraction of sp³-hybridized carbons (Fsp3) is 0. The summed E-state index contributed by atoms with van der Waals surface area (Å²) < 4.78 is 37.3. The number of pyridine rings is 1. The minimum atomic E-state index is -3.22. The highest BCUT2D eigenvalue weighted by Gasteiger charge is 2.15. The van der Waals surface area contributed by atoms with Crippen LogP contribution in [0.1, 0.15) is 10.4 Å². The molecule has 124 valence electrons. The third-order valence-electron chi connectivity index (χ3n) is 2.37. The molecule has 23 heavy (non-hydrogen) atoms. The van der Waals surface area contributed by atoms with E-state index in [0.717, 1.165) is 18.3 Å². The summed E-state index contributed by atoms with van der Waals surface area (Å²) in [6, 6.07) is 4.43. The zero-order chi connectivity index (χ0) is 17.8. The first-order chi connectivity index (χ1) is 10.6. The lowest BCUT2D eigenvalue weighted by atomic mass is 10.2. The Morgan fingerprint density at radius 2 is 1.57 bits per heavy atom. The lowest BCUT2D eigenvalue weighted by Crippen LogP contribution is -2.23. The topological polar surface area (TPSA) is 56.1 Å². The molecular formula is C12H6Cl4F2NO3P. The van der Waals surface area contributed by atoms with E-state index in [1.807, 2.05) is 0 Å². The van der Waals surface area contributed by atoms with Gasteiger partial charge in [0.2, 0.25) is 0 Å². The Morgan fingerprint density at radius 3 is 2.00 bits per heavy atom. The Kier molecular flexibility index (Phi) is 7.24. The minimum Gasteiger partial charge on any atom is -0.298 e. The van der Waals surface area contributed by atoms with Crippen molar-refractivity contribution in [2.45, 2.75) is 0 Å². The third kappa shape index (κ3) is 5.90. The standard InChI is InChI=1S/C12H6ClF2NO2.Cl3OP/c13-8-4-5-16(12(18)7(8)6-17)11-9(14)2-1-3-10(11)15;1-5(2,3)4/h1-6H;. The largest absolute Gasteiger partial charge is 0.339 e. The van der Waals surface area contributed by atoms with Crippen molar-refractivity contribution in [3.63, 3.8) is 0 Å². The van der Waals surface area contributed by atoms with Crippen molar-refractivity contribution in [2.75, 3.05) is 0 Å². The fourth-order valence-electron chi connectivity index (χ4n) is 1.53. The van der Waals surface area contributed by atoms with E-state index in [2.05, 4.69) is 33.7 Å². The van der Waals surface area contributed by atoms with Gasteiger partial charge in [0.25, 0.3) is 5.56 Å². The lowest BCUT2D eigenvalue weighted by molar-refractivity contribution is 0.112. The van der Waals surface area contributed by atoms with Gasteiger partial charge in [-0.25, -0.2) is 8.78 Å². The predicted molar refractivity (Wildman–Crippen MR) is 87.5 cm³/mol. The molecule has 0 saturated heterocycles. The van der Waals surface area contributed by atoms with Crippen LogP contribution in [0, 0.1) is 11.6 Å².